The summed E-state index contributed by atoms with van der Waals surface area (Å²) < 4.78 is 5.19. The van der Waals surface area contributed by atoms with Crippen molar-refractivity contribution in [3.8, 4) is 0 Å². The first-order chi connectivity index (χ1) is 7.35. The van der Waals surface area contributed by atoms with Crippen molar-refractivity contribution < 1.29 is 4.74 Å². The minimum Gasteiger partial charge on any atom is -0.384 e. The molecule has 1 atom stereocenters. The Morgan fingerprint density at radius 2 is 2.13 bits per heavy atom. The number of ether oxygens (including phenoxy) is 1. The molecule has 2 rings (SSSR count). The van der Waals surface area contributed by atoms with Crippen LogP contribution in [0.5, 0.6) is 0 Å². The molecule has 0 radical (unpaired) electrons. The fourth-order valence-corrected chi connectivity index (χ4v) is 2.35. The van der Waals surface area contributed by atoms with Gasteiger partial charge in [-0.3, -0.25) is 0 Å². The van der Waals surface area contributed by atoms with Crippen LogP contribution in [0.2, 0.25) is 0 Å². The standard InChI is InChI=1S/C13H19NO/c1-15-9-13(8-14)12-6-5-10-3-2-4-11(10)7-12/h5-7,13H,2-4,8-9,14H2,1H3. The Hall–Kier alpha value is -0.860. The van der Waals surface area contributed by atoms with Gasteiger partial charge in [0.2, 0.25) is 0 Å². The summed E-state index contributed by atoms with van der Waals surface area (Å²) in [5.74, 6) is 0.348. The van der Waals surface area contributed by atoms with E-state index in [4.69, 9.17) is 10.5 Å². The summed E-state index contributed by atoms with van der Waals surface area (Å²) in [6.07, 6.45) is 3.77. The van der Waals surface area contributed by atoms with Gasteiger partial charge >= 0.3 is 0 Å². The van der Waals surface area contributed by atoms with Crippen molar-refractivity contribution in [3.63, 3.8) is 0 Å². The molecular formula is C13H19NO. The first-order valence-corrected chi connectivity index (χ1v) is 5.66. The molecule has 0 spiro atoms. The highest BCUT2D eigenvalue weighted by Gasteiger charge is 2.14. The van der Waals surface area contributed by atoms with Crippen molar-refractivity contribution in [2.24, 2.45) is 5.73 Å². The van der Waals surface area contributed by atoms with Gasteiger partial charge in [0.05, 0.1) is 6.61 Å². The molecule has 2 N–H and O–H groups in total. The summed E-state index contributed by atoms with van der Waals surface area (Å²) in [6, 6.07) is 6.79. The van der Waals surface area contributed by atoms with Crippen LogP contribution in [0.1, 0.15) is 29.0 Å². The molecule has 2 nitrogen and oxygen atoms in total. The maximum Gasteiger partial charge on any atom is 0.0543 e. The molecule has 1 aliphatic carbocycles. The molecule has 0 amide bonds. The molecule has 82 valence electrons. The summed E-state index contributed by atoms with van der Waals surface area (Å²) in [5, 5.41) is 0. The van der Waals surface area contributed by atoms with Gasteiger partial charge in [0.15, 0.2) is 0 Å². The van der Waals surface area contributed by atoms with Crippen LogP contribution in [0.25, 0.3) is 0 Å². The van der Waals surface area contributed by atoms with Gasteiger partial charge in [0.1, 0.15) is 0 Å². The largest absolute Gasteiger partial charge is 0.384 e. The van der Waals surface area contributed by atoms with Gasteiger partial charge in [-0.15, -0.1) is 0 Å². The molecule has 0 aliphatic heterocycles. The highest BCUT2D eigenvalue weighted by molar-refractivity contribution is 5.36. The van der Waals surface area contributed by atoms with E-state index in [1.54, 1.807) is 7.11 Å². The monoisotopic (exact) mass is 205 g/mol. The van der Waals surface area contributed by atoms with Crippen LogP contribution < -0.4 is 5.73 Å². The molecule has 0 heterocycles. The number of fused-ring (bicyclic) bond motifs is 1. The summed E-state index contributed by atoms with van der Waals surface area (Å²) in [4.78, 5) is 0. The molecule has 1 unspecified atom stereocenters. The first kappa shape index (κ1) is 10.7. The molecule has 1 aromatic carbocycles. The second kappa shape index (κ2) is 4.77. The fraction of sp³-hybridized carbons (Fsp3) is 0.538. The van der Waals surface area contributed by atoms with E-state index in [9.17, 15) is 0 Å². The predicted octanol–water partition coefficient (Wildman–Crippen LogP) is 1.86. The van der Waals surface area contributed by atoms with Crippen molar-refractivity contribution in [2.75, 3.05) is 20.3 Å². The first-order valence-electron chi connectivity index (χ1n) is 5.66. The number of hydrogen-bond acceptors (Lipinski definition) is 2. The summed E-state index contributed by atoms with van der Waals surface area (Å²) in [6.45, 7) is 1.38. The van der Waals surface area contributed by atoms with E-state index in [1.807, 2.05) is 0 Å². The highest BCUT2D eigenvalue weighted by Crippen LogP contribution is 2.26. The Balaban J connectivity index is 2.20. The lowest BCUT2D eigenvalue weighted by atomic mass is 9.96. The van der Waals surface area contributed by atoms with Crippen molar-refractivity contribution in [2.45, 2.75) is 25.2 Å². The topological polar surface area (TPSA) is 35.2 Å². The normalized spacial score (nSPS) is 16.4. The van der Waals surface area contributed by atoms with E-state index in [2.05, 4.69) is 18.2 Å². The molecule has 1 aromatic rings. The Labute approximate surface area is 91.4 Å². The molecular weight excluding hydrogens is 186 g/mol. The summed E-state index contributed by atoms with van der Waals surface area (Å²) in [5.41, 5.74) is 10.1. The van der Waals surface area contributed by atoms with Crippen LogP contribution in [-0.2, 0) is 17.6 Å². The number of benzene rings is 1. The Morgan fingerprint density at radius 1 is 1.33 bits per heavy atom. The maximum atomic E-state index is 5.76. The zero-order chi connectivity index (χ0) is 10.7. The lowest BCUT2D eigenvalue weighted by Gasteiger charge is -2.15. The maximum absolute atomic E-state index is 5.76. The molecule has 0 bridgehead atoms. The van der Waals surface area contributed by atoms with Crippen molar-refractivity contribution in [3.05, 3.63) is 34.9 Å². The van der Waals surface area contributed by atoms with E-state index < -0.39 is 0 Å². The lowest BCUT2D eigenvalue weighted by Crippen LogP contribution is -2.17. The Kier molecular flexibility index (Phi) is 3.39. The average molecular weight is 205 g/mol. The quantitative estimate of drug-likeness (QED) is 0.814. The zero-order valence-electron chi connectivity index (χ0n) is 9.33. The predicted molar refractivity (Wildman–Crippen MR) is 62.1 cm³/mol. The van der Waals surface area contributed by atoms with Crippen molar-refractivity contribution in [1.29, 1.82) is 0 Å². The number of hydrogen-bond donors (Lipinski definition) is 1. The van der Waals surface area contributed by atoms with Gasteiger partial charge in [-0.2, -0.15) is 0 Å². The molecule has 15 heavy (non-hydrogen) atoms. The van der Waals surface area contributed by atoms with Crippen LogP contribution >= 0.6 is 0 Å². The summed E-state index contributed by atoms with van der Waals surface area (Å²) in [7, 11) is 1.73. The van der Waals surface area contributed by atoms with Crippen LogP contribution in [-0.4, -0.2) is 20.3 Å². The third-order valence-electron chi connectivity index (χ3n) is 3.25. The smallest absolute Gasteiger partial charge is 0.0543 e. The Morgan fingerprint density at radius 3 is 2.87 bits per heavy atom. The van der Waals surface area contributed by atoms with Crippen molar-refractivity contribution >= 4 is 0 Å². The molecule has 0 aromatic heterocycles. The average Bonchev–Trinajstić information content (AvgIpc) is 2.72. The molecule has 0 saturated heterocycles. The third kappa shape index (κ3) is 2.21. The van der Waals surface area contributed by atoms with E-state index >= 15 is 0 Å². The van der Waals surface area contributed by atoms with Crippen LogP contribution in [0.15, 0.2) is 18.2 Å². The summed E-state index contributed by atoms with van der Waals surface area (Å²) >= 11 is 0. The molecule has 0 saturated carbocycles. The number of nitrogens with two attached hydrogens (primary N) is 1. The van der Waals surface area contributed by atoms with E-state index in [1.165, 1.54) is 36.0 Å². The van der Waals surface area contributed by atoms with Gasteiger partial charge in [-0.1, -0.05) is 18.2 Å². The minimum absolute atomic E-state index is 0.348. The molecule has 2 heteroatoms. The number of aryl methyl sites for hydroxylation is 2. The van der Waals surface area contributed by atoms with Gasteiger partial charge in [-0.25, -0.2) is 0 Å². The fourth-order valence-electron chi connectivity index (χ4n) is 2.35. The lowest BCUT2D eigenvalue weighted by molar-refractivity contribution is 0.181. The SMILES string of the molecule is COCC(CN)c1ccc2c(c1)CCC2. The van der Waals surface area contributed by atoms with Crippen LogP contribution in [0, 0.1) is 0 Å². The number of methoxy groups -OCH3 is 1. The van der Waals surface area contributed by atoms with E-state index in [-0.39, 0.29) is 0 Å². The van der Waals surface area contributed by atoms with E-state index in [0.29, 0.717) is 12.5 Å². The van der Waals surface area contributed by atoms with E-state index in [0.717, 1.165) is 6.61 Å². The number of rotatable bonds is 4. The van der Waals surface area contributed by atoms with Gasteiger partial charge < -0.3 is 10.5 Å². The zero-order valence-corrected chi connectivity index (χ0v) is 9.33. The Bertz CT molecular complexity index is 335. The van der Waals surface area contributed by atoms with Crippen LogP contribution in [0.3, 0.4) is 0 Å². The third-order valence-corrected chi connectivity index (χ3v) is 3.25. The van der Waals surface area contributed by atoms with Crippen LogP contribution in [0.4, 0.5) is 0 Å². The highest BCUT2D eigenvalue weighted by atomic mass is 16.5. The van der Waals surface area contributed by atoms with Gasteiger partial charge in [-0.05, 0) is 36.0 Å². The van der Waals surface area contributed by atoms with Gasteiger partial charge in [0, 0.05) is 19.6 Å². The van der Waals surface area contributed by atoms with Crippen molar-refractivity contribution in [1.82, 2.24) is 0 Å². The second-order valence-corrected chi connectivity index (χ2v) is 4.27. The minimum atomic E-state index is 0.348. The molecule has 0 fully saturated rings. The van der Waals surface area contributed by atoms with Gasteiger partial charge in [0.25, 0.3) is 0 Å². The molecule has 1 aliphatic rings. The second-order valence-electron chi connectivity index (χ2n) is 4.27.